The van der Waals surface area contributed by atoms with Crippen LogP contribution in [-0.4, -0.2) is 59.6 Å². The van der Waals surface area contributed by atoms with Crippen molar-refractivity contribution in [1.82, 2.24) is 9.80 Å². The second-order valence-electron chi connectivity index (χ2n) is 5.59. The molecule has 0 aromatic rings. The Kier molecular flexibility index (Phi) is 6.09. The van der Waals surface area contributed by atoms with E-state index in [1.807, 2.05) is 0 Å². The van der Waals surface area contributed by atoms with E-state index in [1.165, 1.54) is 0 Å². The Hall–Kier alpha value is -0.610. The second kappa shape index (κ2) is 7.10. The molecule has 0 saturated carbocycles. The quantitative estimate of drug-likeness (QED) is 0.757. The summed E-state index contributed by atoms with van der Waals surface area (Å²) in [6.07, 6.45) is 4.39. The van der Waals surface area contributed by atoms with E-state index < -0.39 is 5.97 Å². The first-order valence-corrected chi connectivity index (χ1v) is 7.19. The number of carboxylic acids is 1. The van der Waals surface area contributed by atoms with Gasteiger partial charge in [0.1, 0.15) is 0 Å². The number of nitrogens with zero attached hydrogens (tertiary/aromatic N) is 2. The maximum atomic E-state index is 11.2. The molecule has 4 heteroatoms. The molecule has 0 unspecified atom stereocenters. The lowest BCUT2D eigenvalue weighted by atomic mass is 9.83. The molecule has 1 heterocycles. The number of hydrogen-bond donors (Lipinski definition) is 1. The van der Waals surface area contributed by atoms with Crippen LogP contribution in [0.2, 0.25) is 0 Å². The Labute approximate surface area is 111 Å². The second-order valence-corrected chi connectivity index (χ2v) is 5.59. The summed E-state index contributed by atoms with van der Waals surface area (Å²) in [4.78, 5) is 16.0. The zero-order chi connectivity index (χ0) is 13.6. The number of likely N-dealkylation sites (N-methyl/N-ethyl adjacent to an activating group) is 1. The predicted octanol–water partition coefficient (Wildman–Crippen LogP) is 2.05. The van der Waals surface area contributed by atoms with E-state index in [2.05, 4.69) is 30.7 Å². The normalized spacial score (nSPS) is 19.1. The molecule has 1 aliphatic heterocycles. The van der Waals surface area contributed by atoms with Gasteiger partial charge in [-0.3, -0.25) is 9.69 Å². The third-order valence-corrected chi connectivity index (χ3v) is 4.09. The molecule has 0 radical (unpaired) electrons. The third-order valence-electron chi connectivity index (χ3n) is 4.09. The summed E-state index contributed by atoms with van der Waals surface area (Å²) >= 11 is 0. The van der Waals surface area contributed by atoms with Crippen LogP contribution in [0.5, 0.6) is 0 Å². The van der Waals surface area contributed by atoms with Crippen LogP contribution in [0.3, 0.4) is 0 Å². The standard InChI is InChI=1S/C14H28N2O2/c1-4-6-14(7-5-2,12-13(17)18)16-10-8-15(3)9-11-16/h4-12H2,1-3H3,(H,17,18). The van der Waals surface area contributed by atoms with Crippen LogP contribution < -0.4 is 0 Å². The van der Waals surface area contributed by atoms with E-state index in [9.17, 15) is 9.90 Å². The number of carbonyl (C=O) groups is 1. The molecule has 1 fully saturated rings. The summed E-state index contributed by atoms with van der Waals surface area (Å²) in [6, 6.07) is 0. The van der Waals surface area contributed by atoms with Crippen molar-refractivity contribution in [2.45, 2.75) is 51.5 Å². The van der Waals surface area contributed by atoms with Gasteiger partial charge in [-0.05, 0) is 19.9 Å². The number of aliphatic carboxylic acids is 1. The van der Waals surface area contributed by atoms with E-state index in [4.69, 9.17) is 0 Å². The highest BCUT2D eigenvalue weighted by Crippen LogP contribution is 2.32. The summed E-state index contributed by atoms with van der Waals surface area (Å²) in [6.45, 7) is 8.42. The largest absolute Gasteiger partial charge is 0.481 e. The van der Waals surface area contributed by atoms with Crippen molar-refractivity contribution in [3.63, 3.8) is 0 Å². The van der Waals surface area contributed by atoms with Gasteiger partial charge in [0.2, 0.25) is 0 Å². The molecule has 1 aliphatic rings. The molecule has 0 aromatic carbocycles. The fourth-order valence-corrected chi connectivity index (χ4v) is 3.22. The fraction of sp³-hybridized carbons (Fsp3) is 0.929. The van der Waals surface area contributed by atoms with Gasteiger partial charge in [0.15, 0.2) is 0 Å². The molecule has 1 rings (SSSR count). The minimum atomic E-state index is -0.657. The van der Waals surface area contributed by atoms with E-state index >= 15 is 0 Å². The topological polar surface area (TPSA) is 43.8 Å². The molecule has 4 nitrogen and oxygen atoms in total. The molecule has 18 heavy (non-hydrogen) atoms. The Morgan fingerprint density at radius 1 is 1.11 bits per heavy atom. The predicted molar refractivity (Wildman–Crippen MR) is 73.9 cm³/mol. The van der Waals surface area contributed by atoms with Gasteiger partial charge < -0.3 is 10.0 Å². The van der Waals surface area contributed by atoms with Gasteiger partial charge in [0, 0.05) is 31.7 Å². The Balaban J connectivity index is 2.81. The van der Waals surface area contributed by atoms with Crippen molar-refractivity contribution < 1.29 is 9.90 Å². The smallest absolute Gasteiger partial charge is 0.305 e. The van der Waals surface area contributed by atoms with E-state index in [1.54, 1.807) is 0 Å². The highest BCUT2D eigenvalue weighted by Gasteiger charge is 2.38. The first-order chi connectivity index (χ1) is 8.54. The lowest BCUT2D eigenvalue weighted by molar-refractivity contribution is -0.141. The highest BCUT2D eigenvalue weighted by molar-refractivity contribution is 5.68. The van der Waals surface area contributed by atoms with E-state index in [-0.39, 0.29) is 5.54 Å². The van der Waals surface area contributed by atoms with E-state index in [0.717, 1.165) is 51.9 Å². The molecule has 0 atom stereocenters. The summed E-state index contributed by atoms with van der Waals surface area (Å²) in [5.41, 5.74) is -0.114. The first kappa shape index (κ1) is 15.4. The SMILES string of the molecule is CCCC(CCC)(CC(=O)O)N1CCN(C)CC1. The summed E-state index contributed by atoms with van der Waals surface area (Å²) in [7, 11) is 2.13. The van der Waals surface area contributed by atoms with Crippen LogP contribution in [0.25, 0.3) is 0 Å². The van der Waals surface area contributed by atoms with Crippen molar-refractivity contribution in [3.8, 4) is 0 Å². The molecule has 0 aromatic heterocycles. The zero-order valence-electron chi connectivity index (χ0n) is 12.1. The van der Waals surface area contributed by atoms with Crippen LogP contribution in [0.4, 0.5) is 0 Å². The van der Waals surface area contributed by atoms with Crippen molar-refractivity contribution in [2.75, 3.05) is 33.2 Å². The van der Waals surface area contributed by atoms with Crippen molar-refractivity contribution in [2.24, 2.45) is 0 Å². The lowest BCUT2D eigenvalue weighted by Crippen LogP contribution is -2.57. The number of piperazine rings is 1. The average molecular weight is 256 g/mol. The minimum absolute atomic E-state index is 0.114. The third kappa shape index (κ3) is 3.95. The average Bonchev–Trinajstić information content (AvgIpc) is 2.29. The molecule has 1 saturated heterocycles. The number of rotatable bonds is 7. The molecule has 0 bridgehead atoms. The maximum Gasteiger partial charge on any atom is 0.305 e. The van der Waals surface area contributed by atoms with Crippen LogP contribution in [0, 0.1) is 0 Å². The minimum Gasteiger partial charge on any atom is -0.481 e. The van der Waals surface area contributed by atoms with E-state index in [0.29, 0.717) is 6.42 Å². The molecule has 1 N–H and O–H groups in total. The van der Waals surface area contributed by atoms with Gasteiger partial charge >= 0.3 is 5.97 Å². The van der Waals surface area contributed by atoms with Crippen molar-refractivity contribution in [1.29, 1.82) is 0 Å². The maximum absolute atomic E-state index is 11.2. The molecule has 0 spiro atoms. The molecule has 106 valence electrons. The fourth-order valence-electron chi connectivity index (χ4n) is 3.22. The summed E-state index contributed by atoms with van der Waals surface area (Å²) < 4.78 is 0. The van der Waals surface area contributed by atoms with Gasteiger partial charge in [-0.2, -0.15) is 0 Å². The van der Waals surface area contributed by atoms with Crippen LogP contribution in [0.1, 0.15) is 46.0 Å². The van der Waals surface area contributed by atoms with Crippen LogP contribution in [-0.2, 0) is 4.79 Å². The Morgan fingerprint density at radius 2 is 1.61 bits per heavy atom. The molecular weight excluding hydrogens is 228 g/mol. The van der Waals surface area contributed by atoms with Gasteiger partial charge in [-0.1, -0.05) is 26.7 Å². The van der Waals surface area contributed by atoms with Crippen LogP contribution >= 0.6 is 0 Å². The van der Waals surface area contributed by atoms with Gasteiger partial charge in [0.25, 0.3) is 0 Å². The number of hydrogen-bond acceptors (Lipinski definition) is 3. The van der Waals surface area contributed by atoms with Gasteiger partial charge in [-0.15, -0.1) is 0 Å². The monoisotopic (exact) mass is 256 g/mol. The first-order valence-electron chi connectivity index (χ1n) is 7.19. The Morgan fingerprint density at radius 3 is 2.00 bits per heavy atom. The Bertz CT molecular complexity index is 255. The van der Waals surface area contributed by atoms with Crippen molar-refractivity contribution >= 4 is 5.97 Å². The van der Waals surface area contributed by atoms with Gasteiger partial charge in [0.05, 0.1) is 6.42 Å². The van der Waals surface area contributed by atoms with Gasteiger partial charge in [-0.25, -0.2) is 0 Å². The zero-order valence-corrected chi connectivity index (χ0v) is 12.1. The molecule has 0 aliphatic carbocycles. The van der Waals surface area contributed by atoms with Crippen molar-refractivity contribution in [3.05, 3.63) is 0 Å². The lowest BCUT2D eigenvalue weighted by Gasteiger charge is -2.47. The molecular formula is C14H28N2O2. The summed E-state index contributed by atoms with van der Waals surface area (Å²) in [5.74, 6) is -0.657. The highest BCUT2D eigenvalue weighted by atomic mass is 16.4. The molecule has 0 amide bonds. The number of carboxylic acid groups (broad SMARTS) is 1. The van der Waals surface area contributed by atoms with Crippen LogP contribution in [0.15, 0.2) is 0 Å². The summed E-state index contributed by atoms with van der Waals surface area (Å²) in [5, 5.41) is 9.25.